The quantitative estimate of drug-likeness (QED) is 0.380. The van der Waals surface area contributed by atoms with Crippen LogP contribution in [0.4, 0.5) is 5.69 Å². The number of rotatable bonds is 2. The predicted octanol–water partition coefficient (Wildman–Crippen LogP) is 0.378. The van der Waals surface area contributed by atoms with E-state index in [2.05, 4.69) is 6.07 Å². The highest BCUT2D eigenvalue weighted by atomic mass is 16.6. The van der Waals surface area contributed by atoms with E-state index in [1.165, 1.54) is 12.1 Å². The van der Waals surface area contributed by atoms with E-state index in [4.69, 9.17) is 10.2 Å². The number of aliphatic hydroxyl groups is 2. The van der Waals surface area contributed by atoms with Gasteiger partial charge in [0, 0.05) is 11.6 Å². The maximum absolute atomic E-state index is 10.2. The Labute approximate surface area is 68.0 Å². The standard InChI is InChI=1S/C7H6NO4/c9-7(10)5-2-1-3-6(4-5)8(11)12/h1-2,4,7,9-10H. The number of hydrogen-bond donors (Lipinski definition) is 2. The highest BCUT2D eigenvalue weighted by molar-refractivity contribution is 5.33. The summed E-state index contributed by atoms with van der Waals surface area (Å²) >= 11 is 0. The zero-order chi connectivity index (χ0) is 9.14. The third kappa shape index (κ3) is 1.77. The number of nitro groups is 1. The fraction of sp³-hybridized carbons (Fsp3) is 0.143. The number of hydrogen-bond acceptors (Lipinski definition) is 4. The van der Waals surface area contributed by atoms with Crippen molar-refractivity contribution in [3.8, 4) is 0 Å². The average molecular weight is 168 g/mol. The van der Waals surface area contributed by atoms with Crippen LogP contribution in [0.2, 0.25) is 0 Å². The molecule has 0 saturated heterocycles. The highest BCUT2D eigenvalue weighted by Crippen LogP contribution is 2.16. The average Bonchev–Trinajstić information content (AvgIpc) is 2.04. The number of benzene rings is 1. The Kier molecular flexibility index (Phi) is 2.37. The summed E-state index contributed by atoms with van der Waals surface area (Å²) in [5, 5.41) is 27.5. The molecule has 0 amide bonds. The lowest BCUT2D eigenvalue weighted by Crippen LogP contribution is -1.96. The molecule has 0 atom stereocenters. The van der Waals surface area contributed by atoms with Gasteiger partial charge in [-0.15, -0.1) is 0 Å². The third-order valence-electron chi connectivity index (χ3n) is 1.31. The zero-order valence-corrected chi connectivity index (χ0v) is 5.97. The predicted molar refractivity (Wildman–Crippen MR) is 39.1 cm³/mol. The molecule has 0 bridgehead atoms. The molecule has 0 aliphatic heterocycles. The highest BCUT2D eigenvalue weighted by Gasteiger charge is 2.09. The summed E-state index contributed by atoms with van der Waals surface area (Å²) in [5.74, 6) is 0. The molecule has 1 aromatic rings. The molecule has 5 nitrogen and oxygen atoms in total. The molecule has 12 heavy (non-hydrogen) atoms. The molecule has 0 aliphatic rings. The summed E-state index contributed by atoms with van der Waals surface area (Å²) < 4.78 is 0. The monoisotopic (exact) mass is 168 g/mol. The molecule has 1 radical (unpaired) electrons. The van der Waals surface area contributed by atoms with Gasteiger partial charge in [-0.25, -0.2) is 0 Å². The maximum Gasteiger partial charge on any atom is 0.277 e. The van der Waals surface area contributed by atoms with Gasteiger partial charge in [-0.05, 0) is 6.07 Å². The Bertz CT molecular complexity index is 297. The second-order valence-corrected chi connectivity index (χ2v) is 2.14. The molecule has 0 heterocycles. The molecule has 0 aromatic heterocycles. The van der Waals surface area contributed by atoms with Crippen molar-refractivity contribution in [1.82, 2.24) is 0 Å². The van der Waals surface area contributed by atoms with Crippen LogP contribution in [0.25, 0.3) is 0 Å². The first kappa shape index (κ1) is 8.63. The smallest absolute Gasteiger partial charge is 0.277 e. The van der Waals surface area contributed by atoms with Gasteiger partial charge < -0.3 is 10.2 Å². The second kappa shape index (κ2) is 3.29. The minimum Gasteiger partial charge on any atom is -0.364 e. The molecule has 0 unspecified atom stereocenters. The van der Waals surface area contributed by atoms with E-state index in [1.807, 2.05) is 0 Å². The molecule has 1 rings (SSSR count). The second-order valence-electron chi connectivity index (χ2n) is 2.14. The van der Waals surface area contributed by atoms with Crippen molar-refractivity contribution >= 4 is 5.69 Å². The molecule has 0 spiro atoms. The topological polar surface area (TPSA) is 83.6 Å². The Morgan fingerprint density at radius 2 is 2.25 bits per heavy atom. The van der Waals surface area contributed by atoms with E-state index >= 15 is 0 Å². The Hall–Kier alpha value is -1.46. The van der Waals surface area contributed by atoms with Crippen LogP contribution in [0.15, 0.2) is 18.2 Å². The molecule has 63 valence electrons. The Morgan fingerprint density at radius 3 is 2.75 bits per heavy atom. The normalized spacial score (nSPS) is 10.2. The Morgan fingerprint density at radius 1 is 1.58 bits per heavy atom. The molecular formula is C7H6NO4. The fourth-order valence-electron chi connectivity index (χ4n) is 0.737. The Balaban J connectivity index is 3.04. The van der Waals surface area contributed by atoms with Crippen LogP contribution in [0, 0.1) is 16.2 Å². The van der Waals surface area contributed by atoms with E-state index in [-0.39, 0.29) is 11.3 Å². The van der Waals surface area contributed by atoms with Gasteiger partial charge in [0.1, 0.15) is 0 Å². The van der Waals surface area contributed by atoms with Crippen molar-refractivity contribution < 1.29 is 15.1 Å². The van der Waals surface area contributed by atoms with Crippen LogP contribution in [0.5, 0.6) is 0 Å². The van der Waals surface area contributed by atoms with Gasteiger partial charge >= 0.3 is 0 Å². The van der Waals surface area contributed by atoms with Gasteiger partial charge in [-0.1, -0.05) is 6.07 Å². The summed E-state index contributed by atoms with van der Waals surface area (Å²) in [7, 11) is 0. The number of aliphatic hydroxyl groups excluding tert-OH is 1. The van der Waals surface area contributed by atoms with Gasteiger partial charge in [0.25, 0.3) is 5.69 Å². The van der Waals surface area contributed by atoms with Crippen molar-refractivity contribution in [3.05, 3.63) is 39.9 Å². The van der Waals surface area contributed by atoms with Crippen molar-refractivity contribution in [2.45, 2.75) is 6.29 Å². The van der Waals surface area contributed by atoms with Crippen LogP contribution in [-0.4, -0.2) is 15.1 Å². The summed E-state index contributed by atoms with van der Waals surface area (Å²) in [5.41, 5.74) is -0.193. The van der Waals surface area contributed by atoms with Crippen molar-refractivity contribution in [2.75, 3.05) is 0 Å². The van der Waals surface area contributed by atoms with Crippen molar-refractivity contribution in [1.29, 1.82) is 0 Å². The van der Waals surface area contributed by atoms with Crippen LogP contribution in [0.3, 0.4) is 0 Å². The van der Waals surface area contributed by atoms with Gasteiger partial charge in [0.15, 0.2) is 6.29 Å². The lowest BCUT2D eigenvalue weighted by molar-refractivity contribution is -0.385. The van der Waals surface area contributed by atoms with Crippen LogP contribution >= 0.6 is 0 Å². The molecule has 5 heteroatoms. The van der Waals surface area contributed by atoms with E-state index in [0.717, 1.165) is 6.07 Å². The summed E-state index contributed by atoms with van der Waals surface area (Å²) in [6, 6.07) is 6.02. The zero-order valence-electron chi connectivity index (χ0n) is 5.97. The van der Waals surface area contributed by atoms with E-state index in [0.29, 0.717) is 0 Å². The van der Waals surface area contributed by atoms with Crippen LogP contribution in [-0.2, 0) is 0 Å². The van der Waals surface area contributed by atoms with Gasteiger partial charge in [0.05, 0.1) is 11.0 Å². The molecule has 1 aromatic carbocycles. The lowest BCUT2D eigenvalue weighted by atomic mass is 10.2. The molecule has 0 saturated carbocycles. The first-order valence-electron chi connectivity index (χ1n) is 3.13. The molecule has 0 aliphatic carbocycles. The summed E-state index contributed by atoms with van der Waals surface area (Å²) in [6.45, 7) is 0. The minimum atomic E-state index is -1.68. The maximum atomic E-state index is 10.2. The SMILES string of the molecule is O=[N+]([O-])c1[c]ccc(C(O)O)c1. The number of non-ortho nitro benzene ring substituents is 1. The van der Waals surface area contributed by atoms with E-state index in [1.54, 1.807) is 0 Å². The largest absolute Gasteiger partial charge is 0.364 e. The lowest BCUT2D eigenvalue weighted by Gasteiger charge is -2.01. The third-order valence-corrected chi connectivity index (χ3v) is 1.31. The first-order chi connectivity index (χ1) is 5.61. The van der Waals surface area contributed by atoms with Gasteiger partial charge in [0.2, 0.25) is 0 Å². The van der Waals surface area contributed by atoms with Crippen LogP contribution < -0.4 is 0 Å². The van der Waals surface area contributed by atoms with Gasteiger partial charge in [-0.2, -0.15) is 0 Å². The van der Waals surface area contributed by atoms with Gasteiger partial charge in [-0.3, -0.25) is 10.1 Å². The minimum absolute atomic E-state index is 0.0838. The van der Waals surface area contributed by atoms with E-state index < -0.39 is 11.2 Å². The number of nitrogens with zero attached hydrogens (tertiary/aromatic N) is 1. The number of nitro benzene ring substituents is 1. The summed E-state index contributed by atoms with van der Waals surface area (Å²) in [4.78, 5) is 9.54. The van der Waals surface area contributed by atoms with Crippen molar-refractivity contribution in [2.24, 2.45) is 0 Å². The first-order valence-corrected chi connectivity index (χ1v) is 3.13. The summed E-state index contributed by atoms with van der Waals surface area (Å²) in [6.07, 6.45) is -1.68. The van der Waals surface area contributed by atoms with E-state index in [9.17, 15) is 10.1 Å². The fourth-order valence-corrected chi connectivity index (χ4v) is 0.737. The molecule has 2 N–H and O–H groups in total. The molecular weight excluding hydrogens is 162 g/mol. The molecule has 0 fully saturated rings. The van der Waals surface area contributed by atoms with Crippen LogP contribution in [0.1, 0.15) is 11.9 Å². The van der Waals surface area contributed by atoms with Crippen molar-refractivity contribution in [3.63, 3.8) is 0 Å².